The first kappa shape index (κ1) is 18.4. The molecule has 0 spiro atoms. The van der Waals surface area contributed by atoms with Gasteiger partial charge in [0.25, 0.3) is 5.22 Å². The van der Waals surface area contributed by atoms with Crippen molar-refractivity contribution in [2.45, 2.75) is 55.4 Å². The van der Waals surface area contributed by atoms with Crippen LogP contribution in [0.4, 0.5) is 5.69 Å². The lowest BCUT2D eigenvalue weighted by atomic mass is 9.89. The number of aromatic nitrogens is 2. The van der Waals surface area contributed by atoms with Crippen molar-refractivity contribution in [2.24, 2.45) is 5.73 Å². The maximum atomic E-state index is 12.3. The van der Waals surface area contributed by atoms with E-state index in [2.05, 4.69) is 15.5 Å². The molecule has 138 valence electrons. The molecule has 3 rings (SSSR count). The number of thioether (sulfide) groups is 1. The van der Waals surface area contributed by atoms with Crippen LogP contribution in [0.1, 0.15) is 61.2 Å². The fourth-order valence-electron chi connectivity index (χ4n) is 2.95. The number of benzene rings is 1. The lowest BCUT2D eigenvalue weighted by Gasteiger charge is -2.17. The molecule has 0 bridgehead atoms. The van der Waals surface area contributed by atoms with E-state index in [0.717, 1.165) is 12.8 Å². The number of primary amides is 1. The second-order valence-corrected chi connectivity index (χ2v) is 7.72. The van der Waals surface area contributed by atoms with Gasteiger partial charge in [0, 0.05) is 17.2 Å². The summed E-state index contributed by atoms with van der Waals surface area (Å²) < 4.78 is 5.75. The Bertz CT molecular complexity index is 769. The number of nitrogens with two attached hydrogens (primary N) is 1. The second-order valence-electron chi connectivity index (χ2n) is 6.43. The molecule has 26 heavy (non-hydrogen) atoms. The van der Waals surface area contributed by atoms with Gasteiger partial charge in [-0.15, -0.1) is 10.2 Å². The highest BCUT2D eigenvalue weighted by Gasteiger charge is 2.23. The quantitative estimate of drug-likeness (QED) is 0.750. The summed E-state index contributed by atoms with van der Waals surface area (Å²) in [6, 6.07) is 6.43. The van der Waals surface area contributed by atoms with Crippen molar-refractivity contribution < 1.29 is 14.0 Å². The van der Waals surface area contributed by atoms with Gasteiger partial charge >= 0.3 is 0 Å². The zero-order valence-electron chi connectivity index (χ0n) is 14.6. The first-order chi connectivity index (χ1) is 12.5. The molecule has 1 fully saturated rings. The van der Waals surface area contributed by atoms with Crippen molar-refractivity contribution in [3.8, 4) is 0 Å². The Morgan fingerprint density at radius 2 is 1.88 bits per heavy atom. The van der Waals surface area contributed by atoms with Crippen molar-refractivity contribution in [3.63, 3.8) is 0 Å². The lowest BCUT2D eigenvalue weighted by Crippen LogP contribution is -2.22. The van der Waals surface area contributed by atoms with E-state index in [1.807, 2.05) is 0 Å². The van der Waals surface area contributed by atoms with Crippen LogP contribution in [0.5, 0.6) is 0 Å². The lowest BCUT2D eigenvalue weighted by molar-refractivity contribution is -0.115. The van der Waals surface area contributed by atoms with Gasteiger partial charge < -0.3 is 15.5 Å². The molecule has 1 atom stereocenters. The number of rotatable bonds is 6. The van der Waals surface area contributed by atoms with Crippen molar-refractivity contribution in [1.82, 2.24) is 10.2 Å². The molecule has 2 amide bonds. The predicted octanol–water partition coefficient (Wildman–Crippen LogP) is 3.34. The normalized spacial score (nSPS) is 16.2. The molecular weight excluding hydrogens is 352 g/mol. The Hall–Kier alpha value is -2.35. The van der Waals surface area contributed by atoms with Crippen molar-refractivity contribution in [2.75, 3.05) is 5.32 Å². The minimum absolute atomic E-state index is 0.181. The SMILES string of the molecule is C[C@H](Sc1nnc(C2CCCCC2)o1)C(=O)Nc1ccc(C(N)=O)cc1. The summed E-state index contributed by atoms with van der Waals surface area (Å²) in [4.78, 5) is 23.4. The van der Waals surface area contributed by atoms with Gasteiger partial charge in [-0.2, -0.15) is 0 Å². The summed E-state index contributed by atoms with van der Waals surface area (Å²) in [6.45, 7) is 1.78. The Morgan fingerprint density at radius 3 is 2.54 bits per heavy atom. The average molecular weight is 374 g/mol. The van der Waals surface area contributed by atoms with Gasteiger partial charge in [-0.1, -0.05) is 31.0 Å². The fourth-order valence-corrected chi connectivity index (χ4v) is 3.64. The fraction of sp³-hybridized carbons (Fsp3) is 0.444. The highest BCUT2D eigenvalue weighted by Crippen LogP contribution is 2.33. The van der Waals surface area contributed by atoms with Crippen LogP contribution in [-0.2, 0) is 4.79 Å². The van der Waals surface area contributed by atoms with Gasteiger partial charge in [-0.05, 0) is 44.0 Å². The molecule has 1 aromatic heterocycles. The molecule has 0 unspecified atom stereocenters. The van der Waals surface area contributed by atoms with Gasteiger partial charge in [0.05, 0.1) is 5.25 Å². The average Bonchev–Trinajstić information content (AvgIpc) is 3.11. The molecular formula is C18H22N4O3S. The Balaban J connectivity index is 1.55. The number of nitrogens with zero attached hydrogens (tertiary/aromatic N) is 2. The standard InChI is InChI=1S/C18H22N4O3S/c1-11(16(24)20-14-9-7-12(8-10-14)15(19)23)26-18-22-21-17(25-18)13-5-3-2-4-6-13/h7-11,13H,2-6H2,1H3,(H2,19,23)(H,20,24)/t11-/m0/s1. The summed E-state index contributed by atoms with van der Waals surface area (Å²) in [5.74, 6) is 0.344. The van der Waals surface area contributed by atoms with E-state index in [1.54, 1.807) is 31.2 Å². The molecule has 0 saturated heterocycles. The van der Waals surface area contributed by atoms with Crippen LogP contribution in [0.3, 0.4) is 0 Å². The zero-order valence-corrected chi connectivity index (χ0v) is 15.4. The first-order valence-corrected chi connectivity index (χ1v) is 9.61. The second kappa shape index (κ2) is 8.35. The van der Waals surface area contributed by atoms with Gasteiger partial charge in [-0.25, -0.2) is 0 Å². The smallest absolute Gasteiger partial charge is 0.277 e. The highest BCUT2D eigenvalue weighted by atomic mass is 32.2. The molecule has 3 N–H and O–H groups in total. The molecule has 0 aliphatic heterocycles. The minimum atomic E-state index is -0.503. The largest absolute Gasteiger partial charge is 0.416 e. The Kier molecular flexibility index (Phi) is 5.92. The van der Waals surface area contributed by atoms with Gasteiger partial charge in [0.15, 0.2) is 0 Å². The van der Waals surface area contributed by atoms with Crippen LogP contribution >= 0.6 is 11.8 Å². The van der Waals surface area contributed by atoms with E-state index in [1.165, 1.54) is 31.0 Å². The monoisotopic (exact) mass is 374 g/mol. The summed E-state index contributed by atoms with van der Waals surface area (Å²) >= 11 is 1.24. The van der Waals surface area contributed by atoms with E-state index >= 15 is 0 Å². The minimum Gasteiger partial charge on any atom is -0.416 e. The number of amides is 2. The molecule has 1 aliphatic rings. The van der Waals surface area contributed by atoms with Gasteiger partial charge in [-0.3, -0.25) is 9.59 Å². The summed E-state index contributed by atoms with van der Waals surface area (Å²) in [6.07, 6.45) is 5.84. The molecule has 1 aromatic carbocycles. The van der Waals surface area contributed by atoms with E-state index in [0.29, 0.717) is 28.3 Å². The molecule has 1 saturated carbocycles. The van der Waals surface area contributed by atoms with E-state index in [9.17, 15) is 9.59 Å². The van der Waals surface area contributed by atoms with Crippen LogP contribution in [0.15, 0.2) is 33.9 Å². The predicted molar refractivity (Wildman–Crippen MR) is 99.0 cm³/mol. The molecule has 1 aliphatic carbocycles. The van der Waals surface area contributed by atoms with Crippen LogP contribution in [0.25, 0.3) is 0 Å². The Morgan fingerprint density at radius 1 is 1.19 bits per heavy atom. The van der Waals surface area contributed by atoms with Crippen LogP contribution in [0, 0.1) is 0 Å². The van der Waals surface area contributed by atoms with Crippen LogP contribution in [-0.4, -0.2) is 27.3 Å². The third-order valence-corrected chi connectivity index (χ3v) is 5.39. The highest BCUT2D eigenvalue weighted by molar-refractivity contribution is 8.00. The van der Waals surface area contributed by atoms with Gasteiger partial charge in [0.2, 0.25) is 17.7 Å². The van der Waals surface area contributed by atoms with E-state index in [-0.39, 0.29) is 5.91 Å². The molecule has 2 aromatic rings. The molecule has 1 heterocycles. The molecule has 8 heteroatoms. The number of anilines is 1. The molecule has 0 radical (unpaired) electrons. The van der Waals surface area contributed by atoms with Gasteiger partial charge in [0.1, 0.15) is 0 Å². The van der Waals surface area contributed by atoms with Crippen molar-refractivity contribution in [3.05, 3.63) is 35.7 Å². The zero-order chi connectivity index (χ0) is 18.5. The Labute approximate surface area is 156 Å². The van der Waals surface area contributed by atoms with Crippen LogP contribution in [0.2, 0.25) is 0 Å². The summed E-state index contributed by atoms with van der Waals surface area (Å²) in [5.41, 5.74) is 6.20. The number of hydrogen-bond acceptors (Lipinski definition) is 6. The van der Waals surface area contributed by atoms with Crippen molar-refractivity contribution in [1.29, 1.82) is 0 Å². The summed E-state index contributed by atoms with van der Waals surface area (Å²) in [7, 11) is 0. The summed E-state index contributed by atoms with van der Waals surface area (Å²) in [5, 5.41) is 11.0. The third kappa shape index (κ3) is 4.63. The molecule has 7 nitrogen and oxygen atoms in total. The van der Waals surface area contributed by atoms with E-state index < -0.39 is 11.2 Å². The topological polar surface area (TPSA) is 111 Å². The van der Waals surface area contributed by atoms with Crippen LogP contribution < -0.4 is 11.1 Å². The van der Waals surface area contributed by atoms with Crippen molar-refractivity contribution >= 4 is 29.3 Å². The number of carbonyl (C=O) groups is 2. The van der Waals surface area contributed by atoms with E-state index in [4.69, 9.17) is 10.2 Å². The number of carbonyl (C=O) groups excluding carboxylic acids is 2. The first-order valence-electron chi connectivity index (χ1n) is 8.73. The maximum absolute atomic E-state index is 12.3. The third-order valence-electron chi connectivity index (χ3n) is 4.46. The number of hydrogen-bond donors (Lipinski definition) is 2. The maximum Gasteiger partial charge on any atom is 0.277 e. The number of nitrogens with one attached hydrogen (secondary N) is 1.